The zero-order chi connectivity index (χ0) is 14.1. The maximum absolute atomic E-state index is 13.7. The van der Waals surface area contributed by atoms with Crippen molar-refractivity contribution in [3.05, 3.63) is 65.2 Å². The van der Waals surface area contributed by atoms with Crippen molar-refractivity contribution in [3.8, 4) is 5.75 Å². The topological polar surface area (TPSA) is 29.5 Å². The molecule has 2 aromatic carbocycles. The van der Waals surface area contributed by atoms with Gasteiger partial charge in [-0.15, -0.1) is 0 Å². The average molecular weight is 276 g/mol. The van der Waals surface area contributed by atoms with Gasteiger partial charge in [-0.25, -0.2) is 8.78 Å². The van der Waals surface area contributed by atoms with E-state index in [4.69, 9.17) is 4.74 Å². The molecule has 1 aliphatic carbocycles. The van der Waals surface area contributed by atoms with Crippen LogP contribution in [0.3, 0.4) is 0 Å². The van der Waals surface area contributed by atoms with E-state index in [1.54, 1.807) is 24.3 Å². The van der Waals surface area contributed by atoms with Gasteiger partial charge in [0.15, 0.2) is 0 Å². The van der Waals surface area contributed by atoms with E-state index in [0.29, 0.717) is 11.3 Å². The molecule has 0 spiro atoms. The molecule has 1 fully saturated rings. The summed E-state index contributed by atoms with van der Waals surface area (Å²) in [5, 5.41) is 10.2. The van der Waals surface area contributed by atoms with E-state index in [2.05, 4.69) is 0 Å². The Morgan fingerprint density at radius 1 is 1.10 bits per heavy atom. The number of rotatable bonds is 4. The Labute approximate surface area is 115 Å². The quantitative estimate of drug-likeness (QED) is 0.924. The predicted octanol–water partition coefficient (Wildman–Crippen LogP) is 3.59. The van der Waals surface area contributed by atoms with Crippen molar-refractivity contribution in [1.29, 1.82) is 0 Å². The number of ether oxygens (including phenoxy) is 1. The van der Waals surface area contributed by atoms with E-state index in [9.17, 15) is 13.9 Å². The van der Waals surface area contributed by atoms with Crippen LogP contribution in [0.15, 0.2) is 42.5 Å². The summed E-state index contributed by atoms with van der Waals surface area (Å²) in [5.41, 5.74) is 0.404. The molecule has 0 aliphatic heterocycles. The van der Waals surface area contributed by atoms with E-state index >= 15 is 0 Å². The van der Waals surface area contributed by atoms with Crippen LogP contribution >= 0.6 is 0 Å². The summed E-state index contributed by atoms with van der Waals surface area (Å²) in [6.45, 7) is 0. The summed E-state index contributed by atoms with van der Waals surface area (Å²) in [6, 6.07) is 9.89. The molecule has 1 aliphatic rings. The number of benzene rings is 2. The molecule has 1 saturated carbocycles. The molecule has 3 rings (SSSR count). The van der Waals surface area contributed by atoms with Crippen LogP contribution in [0, 0.1) is 11.6 Å². The molecule has 0 heterocycles. The first-order valence-electron chi connectivity index (χ1n) is 6.53. The Bertz CT molecular complexity index is 624. The molecule has 0 bridgehead atoms. The van der Waals surface area contributed by atoms with Gasteiger partial charge in [0.05, 0.1) is 6.10 Å². The standard InChI is InChI=1S/C16H14F2O2/c17-11-4-7-15(18)14(9-11)16(19)10-2-1-3-13(8-10)20-12-5-6-12/h1-4,7-9,12,16,19H,5-6H2. The maximum Gasteiger partial charge on any atom is 0.129 e. The molecular weight excluding hydrogens is 262 g/mol. The third-order valence-electron chi connectivity index (χ3n) is 3.25. The normalized spacial score (nSPS) is 15.9. The highest BCUT2D eigenvalue weighted by atomic mass is 19.1. The van der Waals surface area contributed by atoms with E-state index in [0.717, 1.165) is 31.0 Å². The summed E-state index contributed by atoms with van der Waals surface area (Å²) in [6.07, 6.45) is 1.10. The molecule has 2 aromatic rings. The average Bonchev–Trinajstić information content (AvgIpc) is 3.25. The van der Waals surface area contributed by atoms with Gasteiger partial charge in [-0.05, 0) is 48.7 Å². The Kier molecular flexibility index (Phi) is 3.40. The summed E-state index contributed by atoms with van der Waals surface area (Å²) >= 11 is 0. The molecule has 20 heavy (non-hydrogen) atoms. The summed E-state index contributed by atoms with van der Waals surface area (Å²) < 4.78 is 32.5. The Morgan fingerprint density at radius 3 is 2.65 bits per heavy atom. The zero-order valence-electron chi connectivity index (χ0n) is 10.7. The second-order valence-electron chi connectivity index (χ2n) is 4.96. The van der Waals surface area contributed by atoms with Crippen molar-refractivity contribution in [2.24, 2.45) is 0 Å². The van der Waals surface area contributed by atoms with Crippen molar-refractivity contribution in [3.63, 3.8) is 0 Å². The van der Waals surface area contributed by atoms with Crippen LogP contribution < -0.4 is 4.74 Å². The minimum Gasteiger partial charge on any atom is -0.490 e. The minimum absolute atomic E-state index is 0.0754. The second-order valence-corrected chi connectivity index (χ2v) is 4.96. The molecular formula is C16H14F2O2. The van der Waals surface area contributed by atoms with E-state index in [-0.39, 0.29) is 11.7 Å². The predicted molar refractivity (Wildman–Crippen MR) is 70.5 cm³/mol. The third-order valence-corrected chi connectivity index (χ3v) is 3.25. The fourth-order valence-electron chi connectivity index (χ4n) is 2.04. The van der Waals surface area contributed by atoms with Gasteiger partial charge in [0.1, 0.15) is 23.5 Å². The number of hydrogen-bond donors (Lipinski definition) is 1. The van der Waals surface area contributed by atoms with Crippen LogP contribution in [0.1, 0.15) is 30.1 Å². The van der Waals surface area contributed by atoms with Crippen molar-refractivity contribution in [2.45, 2.75) is 25.0 Å². The lowest BCUT2D eigenvalue weighted by Crippen LogP contribution is -2.04. The number of aliphatic hydroxyl groups is 1. The third kappa shape index (κ3) is 2.80. The molecule has 1 atom stereocenters. The molecule has 1 unspecified atom stereocenters. The highest BCUT2D eigenvalue weighted by Gasteiger charge is 2.24. The monoisotopic (exact) mass is 276 g/mol. The summed E-state index contributed by atoms with van der Waals surface area (Å²) in [4.78, 5) is 0. The van der Waals surface area contributed by atoms with Crippen LogP contribution in [0.2, 0.25) is 0 Å². The van der Waals surface area contributed by atoms with Gasteiger partial charge in [-0.2, -0.15) is 0 Å². The van der Waals surface area contributed by atoms with Gasteiger partial charge in [0.2, 0.25) is 0 Å². The van der Waals surface area contributed by atoms with Crippen molar-refractivity contribution in [1.82, 2.24) is 0 Å². The van der Waals surface area contributed by atoms with Crippen LogP contribution in [0.4, 0.5) is 8.78 Å². The largest absolute Gasteiger partial charge is 0.490 e. The molecule has 2 nitrogen and oxygen atoms in total. The number of hydrogen-bond acceptors (Lipinski definition) is 2. The Balaban J connectivity index is 1.88. The second kappa shape index (κ2) is 5.21. The highest BCUT2D eigenvalue weighted by molar-refractivity contribution is 5.36. The lowest BCUT2D eigenvalue weighted by atomic mass is 10.0. The molecule has 0 aromatic heterocycles. The van der Waals surface area contributed by atoms with Crippen molar-refractivity contribution in [2.75, 3.05) is 0 Å². The Morgan fingerprint density at radius 2 is 1.90 bits per heavy atom. The molecule has 0 amide bonds. The lowest BCUT2D eigenvalue weighted by molar-refractivity contribution is 0.213. The molecule has 0 saturated heterocycles. The first-order valence-corrected chi connectivity index (χ1v) is 6.53. The van der Waals surface area contributed by atoms with E-state index < -0.39 is 17.7 Å². The maximum atomic E-state index is 13.7. The SMILES string of the molecule is OC(c1cccc(OC2CC2)c1)c1cc(F)ccc1F. The minimum atomic E-state index is -1.21. The fraction of sp³-hybridized carbons (Fsp3) is 0.250. The molecule has 104 valence electrons. The Hall–Kier alpha value is -1.94. The molecule has 4 heteroatoms. The molecule has 0 radical (unpaired) electrons. The zero-order valence-corrected chi connectivity index (χ0v) is 10.7. The first kappa shape index (κ1) is 13.1. The van der Waals surface area contributed by atoms with E-state index in [1.165, 1.54) is 0 Å². The van der Waals surface area contributed by atoms with Crippen molar-refractivity contribution >= 4 is 0 Å². The van der Waals surface area contributed by atoms with Gasteiger partial charge in [0, 0.05) is 5.56 Å². The van der Waals surface area contributed by atoms with E-state index in [1.807, 2.05) is 0 Å². The van der Waals surface area contributed by atoms with Gasteiger partial charge in [0.25, 0.3) is 0 Å². The summed E-state index contributed by atoms with van der Waals surface area (Å²) in [7, 11) is 0. The van der Waals surface area contributed by atoms with Gasteiger partial charge in [-0.1, -0.05) is 12.1 Å². The lowest BCUT2D eigenvalue weighted by Gasteiger charge is -2.14. The van der Waals surface area contributed by atoms with Crippen LogP contribution in [0.25, 0.3) is 0 Å². The van der Waals surface area contributed by atoms with Gasteiger partial charge >= 0.3 is 0 Å². The smallest absolute Gasteiger partial charge is 0.129 e. The van der Waals surface area contributed by atoms with Crippen LogP contribution in [-0.2, 0) is 0 Å². The van der Waals surface area contributed by atoms with Crippen LogP contribution in [-0.4, -0.2) is 11.2 Å². The van der Waals surface area contributed by atoms with Gasteiger partial charge < -0.3 is 9.84 Å². The van der Waals surface area contributed by atoms with Crippen LogP contribution in [0.5, 0.6) is 5.75 Å². The summed E-state index contributed by atoms with van der Waals surface area (Å²) in [5.74, 6) is -0.570. The highest BCUT2D eigenvalue weighted by Crippen LogP contribution is 2.30. The van der Waals surface area contributed by atoms with Crippen molar-refractivity contribution < 1.29 is 18.6 Å². The first-order chi connectivity index (χ1) is 9.63. The van der Waals surface area contributed by atoms with Gasteiger partial charge in [-0.3, -0.25) is 0 Å². The molecule has 1 N–H and O–H groups in total. The fourth-order valence-corrected chi connectivity index (χ4v) is 2.04. The number of aliphatic hydroxyl groups excluding tert-OH is 1. The number of halogens is 2.